The first-order valence-electron chi connectivity index (χ1n) is 8.31. The van der Waals surface area contributed by atoms with Crippen molar-refractivity contribution in [1.29, 1.82) is 0 Å². The molecular weight excluding hydrogens is 388 g/mol. The average Bonchev–Trinajstić information content (AvgIpc) is 3.32. The van der Waals surface area contributed by atoms with Crippen LogP contribution in [0.4, 0.5) is 0 Å². The maximum Gasteiger partial charge on any atom is 0.259 e. The molecule has 0 saturated heterocycles. The summed E-state index contributed by atoms with van der Waals surface area (Å²) in [5, 5.41) is 1.25. The van der Waals surface area contributed by atoms with Gasteiger partial charge in [-0.3, -0.25) is 0 Å². The summed E-state index contributed by atoms with van der Waals surface area (Å²) < 4.78 is 37.3. The molecular formula is C19H17ClN2O4S. The second kappa shape index (κ2) is 6.58. The first-order chi connectivity index (χ1) is 12.9. The van der Waals surface area contributed by atoms with E-state index in [0.717, 1.165) is 5.39 Å². The van der Waals surface area contributed by atoms with Gasteiger partial charge in [-0.1, -0.05) is 29.8 Å². The molecule has 1 unspecified atom stereocenters. The molecule has 1 atom stereocenters. The summed E-state index contributed by atoms with van der Waals surface area (Å²) in [6.07, 6.45) is 12.5. The van der Waals surface area contributed by atoms with E-state index >= 15 is 0 Å². The van der Waals surface area contributed by atoms with Crippen molar-refractivity contribution in [3.63, 3.8) is 0 Å². The van der Waals surface area contributed by atoms with Crippen molar-refractivity contribution in [3.05, 3.63) is 78.0 Å². The van der Waals surface area contributed by atoms with Crippen molar-refractivity contribution in [3.8, 4) is 0 Å². The van der Waals surface area contributed by atoms with Crippen molar-refractivity contribution in [2.45, 2.75) is 24.4 Å². The molecule has 2 aromatic rings. The van der Waals surface area contributed by atoms with Crippen LogP contribution in [0.15, 0.2) is 78.0 Å². The predicted molar refractivity (Wildman–Crippen MR) is 103 cm³/mol. The lowest BCUT2D eigenvalue weighted by Gasteiger charge is -2.29. The molecule has 2 aromatic heterocycles. The third kappa shape index (κ3) is 3.07. The molecule has 0 fully saturated rings. The summed E-state index contributed by atoms with van der Waals surface area (Å²) in [6.45, 7) is 1.68. The van der Waals surface area contributed by atoms with Gasteiger partial charge in [0.1, 0.15) is 17.3 Å². The van der Waals surface area contributed by atoms with Gasteiger partial charge in [0.15, 0.2) is 5.65 Å². The SMILES string of the molecule is CC1(S(=O)(=O)n2ccc3cccnc32)C=C(C=CC2OC=CO2)C(Cl)=CC1. The molecule has 0 spiro atoms. The van der Waals surface area contributed by atoms with E-state index in [1.807, 2.05) is 6.07 Å². The van der Waals surface area contributed by atoms with Crippen LogP contribution >= 0.6 is 11.6 Å². The molecule has 0 radical (unpaired) electrons. The van der Waals surface area contributed by atoms with Gasteiger partial charge in [-0.2, -0.15) is 0 Å². The van der Waals surface area contributed by atoms with Gasteiger partial charge in [0.2, 0.25) is 10.0 Å². The summed E-state index contributed by atoms with van der Waals surface area (Å²) in [6, 6.07) is 5.34. The van der Waals surface area contributed by atoms with Crippen LogP contribution in [0.25, 0.3) is 11.0 Å². The fourth-order valence-electron chi connectivity index (χ4n) is 3.06. The van der Waals surface area contributed by atoms with Crippen molar-refractivity contribution in [1.82, 2.24) is 8.96 Å². The molecule has 0 N–H and O–H groups in total. The monoisotopic (exact) mass is 404 g/mol. The van der Waals surface area contributed by atoms with Gasteiger partial charge in [0.25, 0.3) is 6.29 Å². The highest BCUT2D eigenvalue weighted by atomic mass is 35.5. The second-order valence-electron chi connectivity index (χ2n) is 6.47. The summed E-state index contributed by atoms with van der Waals surface area (Å²) in [5.74, 6) is 0. The van der Waals surface area contributed by atoms with Crippen molar-refractivity contribution < 1.29 is 17.9 Å². The standard InChI is InChI=1S/C19H17ClN2O4S/c1-19(27(23,24)22-10-7-14-3-2-9-21-18(14)22)8-6-16(20)15(13-19)4-5-17-25-11-12-26-17/h2-7,9-13,17H,8H2,1H3. The number of fused-ring (bicyclic) bond motifs is 1. The van der Waals surface area contributed by atoms with E-state index in [2.05, 4.69) is 4.98 Å². The van der Waals surface area contributed by atoms with Crippen LogP contribution in [0.2, 0.25) is 0 Å². The summed E-state index contributed by atoms with van der Waals surface area (Å²) in [4.78, 5) is 4.22. The molecule has 2 aliphatic rings. The summed E-state index contributed by atoms with van der Waals surface area (Å²) >= 11 is 6.30. The van der Waals surface area contributed by atoms with Gasteiger partial charge in [-0.05, 0) is 43.2 Å². The van der Waals surface area contributed by atoms with Crippen LogP contribution in [-0.4, -0.2) is 28.4 Å². The molecule has 4 rings (SSSR count). The maximum absolute atomic E-state index is 13.4. The molecule has 3 heterocycles. The average molecular weight is 405 g/mol. The second-order valence-corrected chi connectivity index (χ2v) is 9.16. The number of hydrogen-bond acceptors (Lipinski definition) is 5. The van der Waals surface area contributed by atoms with E-state index in [-0.39, 0.29) is 6.42 Å². The zero-order valence-corrected chi connectivity index (χ0v) is 16.0. The number of halogens is 1. The minimum absolute atomic E-state index is 0.260. The fourth-order valence-corrected chi connectivity index (χ4v) is 4.87. The van der Waals surface area contributed by atoms with Gasteiger partial charge in [-0.15, -0.1) is 0 Å². The largest absolute Gasteiger partial charge is 0.456 e. The van der Waals surface area contributed by atoms with Gasteiger partial charge >= 0.3 is 0 Å². The minimum Gasteiger partial charge on any atom is -0.456 e. The highest BCUT2D eigenvalue weighted by molar-refractivity contribution is 7.91. The topological polar surface area (TPSA) is 70.4 Å². The van der Waals surface area contributed by atoms with Gasteiger partial charge in [0.05, 0.1) is 0 Å². The Morgan fingerprint density at radius 3 is 2.89 bits per heavy atom. The van der Waals surface area contributed by atoms with Crippen LogP contribution in [0, 0.1) is 0 Å². The number of pyridine rings is 1. The lowest BCUT2D eigenvalue weighted by molar-refractivity contribution is 0.0191. The number of aromatic nitrogens is 2. The molecule has 0 bridgehead atoms. The number of ether oxygens (including phenoxy) is 2. The molecule has 27 heavy (non-hydrogen) atoms. The highest BCUT2D eigenvalue weighted by Crippen LogP contribution is 2.36. The van der Waals surface area contributed by atoms with Gasteiger partial charge in [0, 0.05) is 22.8 Å². The molecule has 0 amide bonds. The summed E-state index contributed by atoms with van der Waals surface area (Å²) in [7, 11) is -3.77. The van der Waals surface area contributed by atoms with Crippen molar-refractivity contribution in [2.24, 2.45) is 0 Å². The van der Waals surface area contributed by atoms with E-state index in [1.54, 1.807) is 49.6 Å². The molecule has 140 valence electrons. The Balaban J connectivity index is 1.72. The van der Waals surface area contributed by atoms with E-state index in [1.165, 1.54) is 22.7 Å². The molecule has 0 saturated carbocycles. The van der Waals surface area contributed by atoms with E-state index in [0.29, 0.717) is 16.3 Å². The molecule has 6 nitrogen and oxygen atoms in total. The van der Waals surface area contributed by atoms with E-state index in [9.17, 15) is 8.42 Å². The first-order valence-corrected chi connectivity index (χ1v) is 10.1. The Morgan fingerprint density at radius 2 is 2.11 bits per heavy atom. The Kier molecular flexibility index (Phi) is 4.36. The first kappa shape index (κ1) is 17.9. The maximum atomic E-state index is 13.4. The zero-order chi connectivity index (χ0) is 19.1. The van der Waals surface area contributed by atoms with Crippen LogP contribution in [-0.2, 0) is 19.5 Å². The minimum atomic E-state index is -3.77. The van der Waals surface area contributed by atoms with Gasteiger partial charge in [-0.25, -0.2) is 17.4 Å². The Hall–Kier alpha value is -2.51. The Morgan fingerprint density at radius 1 is 1.33 bits per heavy atom. The number of allylic oxidation sites excluding steroid dienone is 4. The quantitative estimate of drug-likeness (QED) is 0.774. The Bertz CT molecular complexity index is 1110. The smallest absolute Gasteiger partial charge is 0.259 e. The van der Waals surface area contributed by atoms with E-state index < -0.39 is 21.1 Å². The molecule has 1 aliphatic carbocycles. The molecule has 0 aromatic carbocycles. The van der Waals surface area contributed by atoms with Crippen LogP contribution in [0.5, 0.6) is 0 Å². The lowest BCUT2D eigenvalue weighted by Crippen LogP contribution is -2.38. The normalized spacial score (nSPS) is 23.3. The van der Waals surface area contributed by atoms with E-state index in [4.69, 9.17) is 21.1 Å². The highest BCUT2D eigenvalue weighted by Gasteiger charge is 2.40. The van der Waals surface area contributed by atoms with Crippen molar-refractivity contribution in [2.75, 3.05) is 0 Å². The predicted octanol–water partition coefficient (Wildman–Crippen LogP) is 3.83. The van der Waals surface area contributed by atoms with Crippen LogP contribution < -0.4 is 0 Å². The number of rotatable bonds is 4. The fraction of sp³-hybridized carbons (Fsp3) is 0.211. The zero-order valence-electron chi connectivity index (χ0n) is 14.4. The summed E-state index contributed by atoms with van der Waals surface area (Å²) in [5.41, 5.74) is 1.00. The number of hydrogen-bond donors (Lipinski definition) is 0. The van der Waals surface area contributed by atoms with Crippen LogP contribution in [0.1, 0.15) is 13.3 Å². The third-order valence-electron chi connectivity index (χ3n) is 4.60. The lowest BCUT2D eigenvalue weighted by atomic mass is 9.96. The molecule has 8 heteroatoms. The Labute approximate surface area is 162 Å². The molecule has 1 aliphatic heterocycles. The number of nitrogens with zero attached hydrogens (tertiary/aromatic N) is 2. The van der Waals surface area contributed by atoms with Crippen LogP contribution in [0.3, 0.4) is 0 Å². The van der Waals surface area contributed by atoms with Gasteiger partial charge < -0.3 is 9.47 Å². The van der Waals surface area contributed by atoms with Crippen molar-refractivity contribution >= 4 is 32.7 Å². The third-order valence-corrected chi connectivity index (χ3v) is 7.25.